The summed E-state index contributed by atoms with van der Waals surface area (Å²) in [6.07, 6.45) is 0.802. The van der Waals surface area contributed by atoms with Crippen molar-refractivity contribution < 1.29 is 14.3 Å². The fourth-order valence-electron chi connectivity index (χ4n) is 1.45. The minimum Gasteiger partial charge on any atom is -0.370 e. The van der Waals surface area contributed by atoms with E-state index in [-0.39, 0.29) is 6.61 Å². The summed E-state index contributed by atoms with van der Waals surface area (Å²) >= 11 is 0. The normalized spacial score (nSPS) is 23.5. The van der Waals surface area contributed by atoms with Crippen LogP contribution in [-0.2, 0) is 9.84 Å². The van der Waals surface area contributed by atoms with Crippen LogP contribution >= 0.6 is 0 Å². The summed E-state index contributed by atoms with van der Waals surface area (Å²) in [7, 11) is 2.21. The Morgan fingerprint density at radius 1 is 1.36 bits per heavy atom. The Morgan fingerprint density at radius 2 is 2.00 bits per heavy atom. The number of morpholine rings is 1. The maximum atomic E-state index is 10.3. The molecule has 1 radical (unpaired) electrons. The number of quaternary nitrogens is 1. The van der Waals surface area contributed by atoms with Gasteiger partial charge in [-0.05, 0) is 0 Å². The van der Waals surface area contributed by atoms with E-state index in [4.69, 9.17) is 4.74 Å². The highest BCUT2D eigenvalue weighted by Gasteiger charge is 2.23. The molecule has 0 aromatic carbocycles. The van der Waals surface area contributed by atoms with Gasteiger partial charge >= 0.3 is 0 Å². The number of ether oxygens (including phenoxy) is 1. The van der Waals surface area contributed by atoms with Crippen LogP contribution in [-0.4, -0.2) is 51.0 Å². The first-order valence-electron chi connectivity index (χ1n) is 4.26. The summed E-state index contributed by atoms with van der Waals surface area (Å²) < 4.78 is 6.28. The van der Waals surface area contributed by atoms with E-state index in [1.807, 2.05) is 0 Å². The molecule has 0 bridgehead atoms. The molecule has 0 aromatic heterocycles. The fourth-order valence-corrected chi connectivity index (χ4v) is 1.45. The van der Waals surface area contributed by atoms with Crippen molar-refractivity contribution in [2.24, 2.45) is 0 Å². The van der Waals surface area contributed by atoms with Crippen LogP contribution in [0.3, 0.4) is 0 Å². The van der Waals surface area contributed by atoms with Gasteiger partial charge in [0.2, 0.25) is 0 Å². The Morgan fingerprint density at radius 3 is 2.55 bits per heavy atom. The van der Waals surface area contributed by atoms with Gasteiger partial charge in [0.25, 0.3) is 0 Å². The minimum absolute atomic E-state index is 0.0642. The Hall–Kier alpha value is -0.120. The van der Waals surface area contributed by atoms with Crippen LogP contribution in [0, 0.1) is 0 Å². The summed E-state index contributed by atoms with van der Waals surface area (Å²) in [5, 5.41) is 10.3. The van der Waals surface area contributed by atoms with E-state index < -0.39 is 0 Å². The van der Waals surface area contributed by atoms with Crippen molar-refractivity contribution in [1.29, 1.82) is 0 Å². The third-order valence-corrected chi connectivity index (χ3v) is 2.39. The molecule has 11 heavy (non-hydrogen) atoms. The van der Waals surface area contributed by atoms with Gasteiger partial charge in [-0.25, -0.2) is 5.11 Å². The fraction of sp³-hybridized carbons (Fsp3) is 1.00. The van der Waals surface area contributed by atoms with Gasteiger partial charge in [-0.1, -0.05) is 0 Å². The van der Waals surface area contributed by atoms with Crippen LogP contribution in [0.15, 0.2) is 0 Å². The molecule has 0 saturated carbocycles. The lowest BCUT2D eigenvalue weighted by Crippen LogP contribution is -2.52. The molecule has 3 heteroatoms. The monoisotopic (exact) mass is 159 g/mol. The molecule has 0 unspecified atom stereocenters. The molecule has 1 fully saturated rings. The average Bonchev–Trinajstić information content (AvgIpc) is 2.03. The van der Waals surface area contributed by atoms with Crippen molar-refractivity contribution >= 4 is 0 Å². The molecule has 65 valence electrons. The molecule has 1 aliphatic rings. The molecule has 0 atom stereocenters. The number of likely N-dealkylation sites (N-methyl/N-ethyl adjacent to an activating group) is 1. The standard InChI is InChI=1S/C8H17NO2/c1-9(3-2-6-10)4-7-11-8-5-9/h2-8H2,1H3/q+1. The molecular formula is C8H17NO2+. The molecule has 1 aliphatic heterocycles. The zero-order valence-corrected chi connectivity index (χ0v) is 7.21. The Labute approximate surface area is 68.2 Å². The van der Waals surface area contributed by atoms with Crippen LogP contribution in [0.1, 0.15) is 6.42 Å². The van der Waals surface area contributed by atoms with Gasteiger partial charge in [0, 0.05) is 6.42 Å². The van der Waals surface area contributed by atoms with E-state index in [2.05, 4.69) is 7.05 Å². The maximum absolute atomic E-state index is 10.3. The van der Waals surface area contributed by atoms with Crippen LogP contribution in [0.25, 0.3) is 0 Å². The van der Waals surface area contributed by atoms with Crippen molar-refractivity contribution in [2.45, 2.75) is 6.42 Å². The minimum atomic E-state index is 0.0642. The number of hydrogen-bond acceptors (Lipinski definition) is 1. The van der Waals surface area contributed by atoms with Gasteiger partial charge in [0.05, 0.1) is 33.4 Å². The molecule has 0 aromatic rings. The lowest BCUT2D eigenvalue weighted by Gasteiger charge is -2.37. The topological polar surface area (TPSA) is 29.1 Å². The van der Waals surface area contributed by atoms with Crippen LogP contribution < -0.4 is 0 Å². The molecule has 0 N–H and O–H groups in total. The van der Waals surface area contributed by atoms with Gasteiger partial charge in [0.1, 0.15) is 13.1 Å². The second-order valence-electron chi connectivity index (χ2n) is 3.46. The molecule has 1 saturated heterocycles. The van der Waals surface area contributed by atoms with Crippen molar-refractivity contribution in [3.05, 3.63) is 0 Å². The Bertz CT molecular complexity index is 111. The highest BCUT2D eigenvalue weighted by atomic mass is 16.5. The first-order chi connectivity index (χ1) is 5.27. The van der Waals surface area contributed by atoms with E-state index in [1.54, 1.807) is 0 Å². The zero-order valence-electron chi connectivity index (χ0n) is 7.21. The van der Waals surface area contributed by atoms with E-state index in [1.165, 1.54) is 0 Å². The number of nitrogens with zero attached hydrogens (tertiary/aromatic N) is 1. The third kappa shape index (κ3) is 2.77. The second kappa shape index (κ2) is 4.04. The highest BCUT2D eigenvalue weighted by Crippen LogP contribution is 2.07. The average molecular weight is 159 g/mol. The Balaban J connectivity index is 2.25. The summed E-state index contributed by atoms with van der Waals surface area (Å²) in [6, 6.07) is 0. The molecule has 3 nitrogen and oxygen atoms in total. The predicted octanol–water partition coefficient (Wildman–Crippen LogP) is 0.284. The van der Waals surface area contributed by atoms with E-state index in [0.717, 1.165) is 43.8 Å². The second-order valence-corrected chi connectivity index (χ2v) is 3.46. The largest absolute Gasteiger partial charge is 0.370 e. The lowest BCUT2D eigenvalue weighted by atomic mass is 10.3. The number of rotatable bonds is 3. The van der Waals surface area contributed by atoms with Gasteiger partial charge < -0.3 is 9.22 Å². The van der Waals surface area contributed by atoms with Crippen LogP contribution in [0.2, 0.25) is 0 Å². The molecule has 0 spiro atoms. The first kappa shape index (κ1) is 8.97. The van der Waals surface area contributed by atoms with Gasteiger partial charge in [-0.2, -0.15) is 0 Å². The van der Waals surface area contributed by atoms with Crippen molar-refractivity contribution in [3.8, 4) is 0 Å². The maximum Gasteiger partial charge on any atom is 0.102 e. The molecule has 0 aliphatic carbocycles. The first-order valence-corrected chi connectivity index (χ1v) is 4.26. The van der Waals surface area contributed by atoms with Gasteiger partial charge in [-0.15, -0.1) is 0 Å². The van der Waals surface area contributed by atoms with Gasteiger partial charge in [-0.3, -0.25) is 0 Å². The van der Waals surface area contributed by atoms with E-state index in [9.17, 15) is 5.11 Å². The molecular weight excluding hydrogens is 142 g/mol. The van der Waals surface area contributed by atoms with Gasteiger partial charge in [0.15, 0.2) is 0 Å². The smallest absolute Gasteiger partial charge is 0.102 e. The van der Waals surface area contributed by atoms with Crippen molar-refractivity contribution in [1.82, 2.24) is 0 Å². The summed E-state index contributed by atoms with van der Waals surface area (Å²) in [5.74, 6) is 0. The molecule has 1 heterocycles. The van der Waals surface area contributed by atoms with Crippen molar-refractivity contribution in [2.75, 3.05) is 46.5 Å². The van der Waals surface area contributed by atoms with Crippen LogP contribution in [0.4, 0.5) is 0 Å². The Kier molecular flexibility index (Phi) is 3.30. The quantitative estimate of drug-likeness (QED) is 0.544. The zero-order chi connectivity index (χ0) is 8.16. The predicted molar refractivity (Wildman–Crippen MR) is 41.8 cm³/mol. The van der Waals surface area contributed by atoms with Crippen molar-refractivity contribution in [3.63, 3.8) is 0 Å². The summed E-state index contributed by atoms with van der Waals surface area (Å²) in [5.41, 5.74) is 0. The molecule has 1 rings (SSSR count). The number of hydrogen-bond donors (Lipinski definition) is 0. The third-order valence-electron chi connectivity index (χ3n) is 2.39. The lowest BCUT2D eigenvalue weighted by molar-refractivity contribution is -0.917. The van der Waals surface area contributed by atoms with Crippen LogP contribution in [0.5, 0.6) is 0 Å². The van der Waals surface area contributed by atoms with E-state index >= 15 is 0 Å². The highest BCUT2D eigenvalue weighted by molar-refractivity contribution is 4.46. The molecule has 0 amide bonds. The SMILES string of the molecule is C[N+]1(CCC[O])CCOCC1. The summed E-state index contributed by atoms with van der Waals surface area (Å²) in [4.78, 5) is 0. The summed E-state index contributed by atoms with van der Waals surface area (Å²) in [6.45, 7) is 4.94. The van der Waals surface area contributed by atoms with E-state index in [0.29, 0.717) is 0 Å².